The largest absolute Gasteiger partial charge is 0.367 e. The number of hydrogen-bond acceptors (Lipinski definition) is 3. The molecule has 1 amide bonds. The van der Waals surface area contributed by atoms with Gasteiger partial charge in [-0.25, -0.2) is 4.98 Å². The van der Waals surface area contributed by atoms with Crippen molar-refractivity contribution in [3.63, 3.8) is 0 Å². The molecule has 1 aliphatic carbocycles. The first-order valence-electron chi connectivity index (χ1n) is 8.27. The fourth-order valence-electron chi connectivity index (χ4n) is 2.93. The third kappa shape index (κ3) is 4.55. The zero-order valence-corrected chi connectivity index (χ0v) is 13.5. The van der Waals surface area contributed by atoms with Gasteiger partial charge in [-0.2, -0.15) is 0 Å². The average molecular weight is 309 g/mol. The van der Waals surface area contributed by atoms with Crippen LogP contribution in [0.1, 0.15) is 36.8 Å². The van der Waals surface area contributed by atoms with E-state index in [2.05, 4.69) is 15.6 Å². The van der Waals surface area contributed by atoms with Gasteiger partial charge < -0.3 is 10.6 Å². The molecule has 1 aromatic heterocycles. The zero-order chi connectivity index (χ0) is 16.1. The molecule has 0 atom stereocenters. The monoisotopic (exact) mass is 309 g/mol. The predicted molar refractivity (Wildman–Crippen MR) is 93.6 cm³/mol. The lowest BCUT2D eigenvalue weighted by molar-refractivity contribution is -0.115. The number of carbonyl (C=O) groups excluding carboxylic acids is 1. The van der Waals surface area contributed by atoms with Gasteiger partial charge in [0.1, 0.15) is 5.82 Å². The van der Waals surface area contributed by atoms with Crippen LogP contribution in [0.15, 0.2) is 42.6 Å². The second-order valence-corrected chi connectivity index (χ2v) is 6.27. The lowest BCUT2D eigenvalue weighted by Gasteiger charge is -2.13. The maximum Gasteiger partial charge on any atom is 0.228 e. The summed E-state index contributed by atoms with van der Waals surface area (Å²) in [5.41, 5.74) is 2.95. The number of nitrogens with one attached hydrogen (secondary N) is 2. The van der Waals surface area contributed by atoms with E-state index in [-0.39, 0.29) is 5.91 Å². The van der Waals surface area contributed by atoms with E-state index in [0.29, 0.717) is 12.5 Å². The first-order valence-corrected chi connectivity index (χ1v) is 8.27. The maximum absolute atomic E-state index is 12.1. The van der Waals surface area contributed by atoms with Crippen LogP contribution in [0.25, 0.3) is 0 Å². The Labute approximate surface area is 137 Å². The first kappa shape index (κ1) is 15.5. The number of hydrogen-bond donors (Lipinski definition) is 2. The number of aromatic nitrogens is 1. The summed E-state index contributed by atoms with van der Waals surface area (Å²) in [6.07, 6.45) is 7.12. The Bertz CT molecular complexity index is 643. The van der Waals surface area contributed by atoms with Crippen molar-refractivity contribution in [1.29, 1.82) is 0 Å². The van der Waals surface area contributed by atoms with Crippen LogP contribution in [0.3, 0.4) is 0 Å². The summed E-state index contributed by atoms with van der Waals surface area (Å²) in [5, 5.41) is 6.34. The summed E-state index contributed by atoms with van der Waals surface area (Å²) in [6, 6.07) is 12.4. The summed E-state index contributed by atoms with van der Waals surface area (Å²) < 4.78 is 0. The van der Waals surface area contributed by atoms with E-state index in [9.17, 15) is 4.79 Å². The van der Waals surface area contributed by atoms with Crippen LogP contribution < -0.4 is 10.6 Å². The number of anilines is 2. The minimum absolute atomic E-state index is 0.0212. The zero-order valence-electron chi connectivity index (χ0n) is 13.5. The summed E-state index contributed by atoms with van der Waals surface area (Å²) in [4.78, 5) is 16.5. The Morgan fingerprint density at radius 3 is 2.52 bits per heavy atom. The van der Waals surface area contributed by atoms with Gasteiger partial charge in [-0.1, -0.05) is 42.7 Å². The van der Waals surface area contributed by atoms with Gasteiger partial charge in [0.15, 0.2) is 0 Å². The molecule has 1 heterocycles. The Hall–Kier alpha value is -2.36. The number of nitrogens with zero attached hydrogens (tertiary/aromatic N) is 1. The minimum atomic E-state index is -0.0212. The van der Waals surface area contributed by atoms with E-state index in [0.717, 1.165) is 17.1 Å². The van der Waals surface area contributed by atoms with E-state index < -0.39 is 0 Å². The summed E-state index contributed by atoms with van der Waals surface area (Å²) in [5.74, 6) is 0.862. The molecular formula is C19H23N3O. The van der Waals surface area contributed by atoms with Crippen molar-refractivity contribution >= 4 is 17.4 Å². The van der Waals surface area contributed by atoms with Crippen LogP contribution in [0.4, 0.5) is 11.5 Å². The Morgan fingerprint density at radius 1 is 1.13 bits per heavy atom. The van der Waals surface area contributed by atoms with Gasteiger partial charge in [-0.3, -0.25) is 4.79 Å². The molecule has 0 unspecified atom stereocenters. The van der Waals surface area contributed by atoms with Crippen LogP contribution in [-0.2, 0) is 11.2 Å². The fourth-order valence-corrected chi connectivity index (χ4v) is 2.93. The maximum atomic E-state index is 12.1. The third-order valence-corrected chi connectivity index (χ3v) is 4.24. The van der Waals surface area contributed by atoms with Crippen LogP contribution in [0, 0.1) is 6.92 Å². The van der Waals surface area contributed by atoms with Crippen molar-refractivity contribution in [1.82, 2.24) is 4.98 Å². The molecule has 0 saturated heterocycles. The minimum Gasteiger partial charge on any atom is -0.367 e. The van der Waals surface area contributed by atoms with Crippen molar-refractivity contribution in [2.24, 2.45) is 0 Å². The number of rotatable bonds is 5. The second-order valence-electron chi connectivity index (χ2n) is 6.27. The van der Waals surface area contributed by atoms with E-state index in [1.807, 2.05) is 43.3 Å². The summed E-state index contributed by atoms with van der Waals surface area (Å²) in [6.45, 7) is 2.04. The molecule has 2 N–H and O–H groups in total. The van der Waals surface area contributed by atoms with Crippen LogP contribution in [0.2, 0.25) is 0 Å². The number of amides is 1. The van der Waals surface area contributed by atoms with Crippen molar-refractivity contribution in [2.75, 3.05) is 10.6 Å². The lowest BCUT2D eigenvalue weighted by atomic mass is 10.1. The molecule has 1 aromatic carbocycles. The van der Waals surface area contributed by atoms with E-state index in [1.165, 1.54) is 31.2 Å². The van der Waals surface area contributed by atoms with Crippen LogP contribution in [-0.4, -0.2) is 16.9 Å². The molecule has 0 bridgehead atoms. The van der Waals surface area contributed by atoms with Gasteiger partial charge in [0.05, 0.1) is 18.3 Å². The van der Waals surface area contributed by atoms with Gasteiger partial charge in [0, 0.05) is 6.04 Å². The molecule has 3 rings (SSSR count). The Kier molecular flexibility index (Phi) is 4.91. The topological polar surface area (TPSA) is 54.0 Å². The third-order valence-electron chi connectivity index (χ3n) is 4.24. The second kappa shape index (κ2) is 7.27. The van der Waals surface area contributed by atoms with Crippen molar-refractivity contribution < 1.29 is 4.79 Å². The van der Waals surface area contributed by atoms with Gasteiger partial charge in [-0.05, 0) is 37.5 Å². The smallest absolute Gasteiger partial charge is 0.228 e. The van der Waals surface area contributed by atoms with Crippen LogP contribution >= 0.6 is 0 Å². The van der Waals surface area contributed by atoms with Gasteiger partial charge in [0.25, 0.3) is 0 Å². The highest BCUT2D eigenvalue weighted by atomic mass is 16.1. The highest BCUT2D eigenvalue weighted by Gasteiger charge is 2.14. The number of carbonyl (C=O) groups is 1. The lowest BCUT2D eigenvalue weighted by Crippen LogP contribution is -2.16. The van der Waals surface area contributed by atoms with E-state index in [4.69, 9.17) is 0 Å². The molecule has 1 saturated carbocycles. The molecule has 1 aliphatic rings. The molecule has 4 nitrogen and oxygen atoms in total. The fraction of sp³-hybridized carbons (Fsp3) is 0.368. The van der Waals surface area contributed by atoms with E-state index in [1.54, 1.807) is 6.20 Å². The predicted octanol–water partition coefficient (Wildman–Crippen LogP) is 3.93. The summed E-state index contributed by atoms with van der Waals surface area (Å²) >= 11 is 0. The molecule has 0 spiro atoms. The van der Waals surface area contributed by atoms with Gasteiger partial charge in [0.2, 0.25) is 5.91 Å². The quantitative estimate of drug-likeness (QED) is 0.880. The highest BCUT2D eigenvalue weighted by Crippen LogP contribution is 2.21. The molecule has 23 heavy (non-hydrogen) atoms. The SMILES string of the molecule is Cc1ccc(CC(=O)Nc2ccc(NC3CCCC3)nc2)cc1. The van der Waals surface area contributed by atoms with Crippen molar-refractivity contribution in [3.8, 4) is 0 Å². The normalized spacial score (nSPS) is 14.7. The average Bonchev–Trinajstić information content (AvgIpc) is 3.04. The molecule has 0 radical (unpaired) electrons. The number of aryl methyl sites for hydroxylation is 1. The standard InChI is InChI=1S/C19H23N3O/c1-14-6-8-15(9-7-14)12-19(23)22-17-10-11-18(20-13-17)21-16-4-2-3-5-16/h6-11,13,16H,2-5,12H2,1H3,(H,20,21)(H,22,23). The van der Waals surface area contributed by atoms with Crippen molar-refractivity contribution in [2.45, 2.75) is 45.1 Å². The van der Waals surface area contributed by atoms with Gasteiger partial charge in [-0.15, -0.1) is 0 Å². The Balaban J connectivity index is 1.52. The van der Waals surface area contributed by atoms with E-state index >= 15 is 0 Å². The summed E-state index contributed by atoms with van der Waals surface area (Å²) in [7, 11) is 0. The highest BCUT2D eigenvalue weighted by molar-refractivity contribution is 5.92. The molecule has 1 fully saturated rings. The number of pyridine rings is 1. The Morgan fingerprint density at radius 2 is 1.87 bits per heavy atom. The molecule has 120 valence electrons. The number of benzene rings is 1. The molecule has 2 aromatic rings. The molecular weight excluding hydrogens is 286 g/mol. The van der Waals surface area contributed by atoms with Crippen molar-refractivity contribution in [3.05, 3.63) is 53.7 Å². The first-order chi connectivity index (χ1) is 11.2. The van der Waals surface area contributed by atoms with Crippen LogP contribution in [0.5, 0.6) is 0 Å². The molecule has 0 aliphatic heterocycles. The molecule has 4 heteroatoms. The van der Waals surface area contributed by atoms with Gasteiger partial charge >= 0.3 is 0 Å².